The number of anilines is 1. The summed E-state index contributed by atoms with van der Waals surface area (Å²) < 4.78 is 6.07. The minimum Gasteiger partial charge on any atom is -0.462 e. The Hall–Kier alpha value is -0.780. The summed E-state index contributed by atoms with van der Waals surface area (Å²) >= 11 is 2.13. The molecule has 82 valence electrons. The van der Waals surface area contributed by atoms with E-state index in [0.717, 1.165) is 3.57 Å². The highest BCUT2D eigenvalue weighted by molar-refractivity contribution is 14.1. The second kappa shape index (κ2) is 5.34. The topological polar surface area (TPSA) is 52.3 Å². The van der Waals surface area contributed by atoms with Gasteiger partial charge in [0, 0.05) is 9.26 Å². The van der Waals surface area contributed by atoms with E-state index in [1.807, 2.05) is 19.9 Å². The van der Waals surface area contributed by atoms with E-state index in [9.17, 15) is 4.79 Å². The molecule has 4 heteroatoms. The number of hydrogen-bond donors (Lipinski definition) is 1. The average Bonchev–Trinajstić information content (AvgIpc) is 2.18. The van der Waals surface area contributed by atoms with E-state index < -0.39 is 0 Å². The lowest BCUT2D eigenvalue weighted by Gasteiger charge is -2.09. The van der Waals surface area contributed by atoms with Crippen LogP contribution >= 0.6 is 22.6 Å². The Bertz CT molecular complexity index is 364. The Labute approximate surface area is 103 Å². The van der Waals surface area contributed by atoms with Gasteiger partial charge in [0.25, 0.3) is 0 Å². The van der Waals surface area contributed by atoms with Crippen LogP contribution in [0.4, 0.5) is 5.69 Å². The Morgan fingerprint density at radius 2 is 2.20 bits per heavy atom. The van der Waals surface area contributed by atoms with Gasteiger partial charge in [-0.1, -0.05) is 13.8 Å². The molecule has 0 aliphatic carbocycles. The molecule has 2 N–H and O–H groups in total. The fourth-order valence-electron chi connectivity index (χ4n) is 1.03. The summed E-state index contributed by atoms with van der Waals surface area (Å²) in [6, 6.07) is 5.31. The number of benzene rings is 1. The standard InChI is InChI=1S/C11H14INO2/c1-7(2)6-15-11(14)9-5-8(12)3-4-10(9)13/h3-5,7H,6,13H2,1-2H3. The molecule has 0 atom stereocenters. The van der Waals surface area contributed by atoms with Gasteiger partial charge in [0.05, 0.1) is 12.2 Å². The van der Waals surface area contributed by atoms with Crippen LogP contribution in [0.5, 0.6) is 0 Å². The third-order valence-corrected chi connectivity index (χ3v) is 2.45. The molecular weight excluding hydrogens is 305 g/mol. The lowest BCUT2D eigenvalue weighted by Crippen LogP contribution is -2.12. The maximum absolute atomic E-state index is 11.6. The molecule has 0 radical (unpaired) electrons. The van der Waals surface area contributed by atoms with Crippen molar-refractivity contribution in [1.29, 1.82) is 0 Å². The Morgan fingerprint density at radius 1 is 1.53 bits per heavy atom. The second-order valence-corrected chi connectivity index (χ2v) is 4.97. The molecule has 0 heterocycles. The highest BCUT2D eigenvalue weighted by atomic mass is 127. The van der Waals surface area contributed by atoms with Gasteiger partial charge in [-0.25, -0.2) is 4.79 Å². The Kier molecular flexibility index (Phi) is 4.38. The zero-order valence-corrected chi connectivity index (χ0v) is 10.9. The molecule has 0 saturated carbocycles. The van der Waals surface area contributed by atoms with Gasteiger partial charge in [-0.15, -0.1) is 0 Å². The maximum atomic E-state index is 11.6. The number of nitrogens with two attached hydrogens (primary N) is 1. The average molecular weight is 319 g/mol. The van der Waals surface area contributed by atoms with Crippen LogP contribution in [-0.4, -0.2) is 12.6 Å². The number of rotatable bonds is 3. The number of ether oxygens (including phenoxy) is 1. The van der Waals surface area contributed by atoms with Gasteiger partial charge in [0.15, 0.2) is 0 Å². The first-order valence-electron chi connectivity index (χ1n) is 4.73. The van der Waals surface area contributed by atoms with E-state index >= 15 is 0 Å². The van der Waals surface area contributed by atoms with Crippen LogP contribution in [0, 0.1) is 9.49 Å². The highest BCUT2D eigenvalue weighted by Crippen LogP contribution is 2.17. The zero-order chi connectivity index (χ0) is 11.4. The van der Waals surface area contributed by atoms with E-state index in [1.165, 1.54) is 0 Å². The molecular formula is C11H14INO2. The van der Waals surface area contributed by atoms with Crippen LogP contribution in [0.1, 0.15) is 24.2 Å². The van der Waals surface area contributed by atoms with Gasteiger partial charge < -0.3 is 10.5 Å². The van der Waals surface area contributed by atoms with Crippen molar-refractivity contribution in [3.05, 3.63) is 27.3 Å². The molecule has 1 aromatic carbocycles. The van der Waals surface area contributed by atoms with E-state index in [0.29, 0.717) is 23.8 Å². The molecule has 0 spiro atoms. The molecule has 1 rings (SSSR count). The van der Waals surface area contributed by atoms with E-state index in [-0.39, 0.29) is 5.97 Å². The summed E-state index contributed by atoms with van der Waals surface area (Å²) in [6.45, 7) is 4.40. The molecule has 0 aliphatic heterocycles. The molecule has 0 saturated heterocycles. The minimum absolute atomic E-state index is 0.331. The van der Waals surface area contributed by atoms with Crippen molar-refractivity contribution in [2.24, 2.45) is 5.92 Å². The highest BCUT2D eigenvalue weighted by Gasteiger charge is 2.11. The van der Waals surface area contributed by atoms with Gasteiger partial charge >= 0.3 is 5.97 Å². The Morgan fingerprint density at radius 3 is 2.80 bits per heavy atom. The molecule has 0 bridgehead atoms. The van der Waals surface area contributed by atoms with Gasteiger partial charge in [-0.2, -0.15) is 0 Å². The van der Waals surface area contributed by atoms with Crippen molar-refractivity contribution in [1.82, 2.24) is 0 Å². The van der Waals surface area contributed by atoms with Crippen LogP contribution in [0.3, 0.4) is 0 Å². The molecule has 15 heavy (non-hydrogen) atoms. The predicted molar refractivity (Wildman–Crippen MR) is 68.7 cm³/mol. The third kappa shape index (κ3) is 3.70. The molecule has 3 nitrogen and oxygen atoms in total. The van der Waals surface area contributed by atoms with Crippen LogP contribution in [0.2, 0.25) is 0 Å². The largest absolute Gasteiger partial charge is 0.462 e. The fourth-order valence-corrected chi connectivity index (χ4v) is 1.52. The Balaban J connectivity index is 2.77. The first kappa shape index (κ1) is 12.3. The summed E-state index contributed by atoms with van der Waals surface area (Å²) in [4.78, 5) is 11.6. The third-order valence-electron chi connectivity index (χ3n) is 1.78. The summed E-state index contributed by atoms with van der Waals surface area (Å²) in [5.74, 6) is -0.0160. The van der Waals surface area contributed by atoms with Crippen molar-refractivity contribution in [2.45, 2.75) is 13.8 Å². The summed E-state index contributed by atoms with van der Waals surface area (Å²) in [7, 11) is 0. The van der Waals surface area contributed by atoms with Gasteiger partial charge in [0.2, 0.25) is 0 Å². The molecule has 1 aromatic rings. The maximum Gasteiger partial charge on any atom is 0.340 e. The number of halogens is 1. The number of hydrogen-bond acceptors (Lipinski definition) is 3. The predicted octanol–water partition coefficient (Wildman–Crippen LogP) is 2.69. The number of carbonyl (C=O) groups is 1. The van der Waals surface area contributed by atoms with Crippen molar-refractivity contribution in [3.8, 4) is 0 Å². The SMILES string of the molecule is CC(C)COC(=O)c1cc(I)ccc1N. The minimum atomic E-state index is -0.347. The van der Waals surface area contributed by atoms with Crippen LogP contribution < -0.4 is 5.73 Å². The van der Waals surface area contributed by atoms with Crippen LogP contribution in [0.25, 0.3) is 0 Å². The zero-order valence-electron chi connectivity index (χ0n) is 8.79. The smallest absolute Gasteiger partial charge is 0.340 e. The summed E-state index contributed by atoms with van der Waals surface area (Å²) in [6.07, 6.45) is 0. The monoisotopic (exact) mass is 319 g/mol. The summed E-state index contributed by atoms with van der Waals surface area (Å²) in [5, 5.41) is 0. The van der Waals surface area contributed by atoms with E-state index in [2.05, 4.69) is 22.6 Å². The number of esters is 1. The van der Waals surface area contributed by atoms with Crippen LogP contribution in [0.15, 0.2) is 18.2 Å². The lowest BCUT2D eigenvalue weighted by molar-refractivity contribution is 0.0460. The molecule has 0 fully saturated rings. The molecule has 0 unspecified atom stereocenters. The fraction of sp³-hybridized carbons (Fsp3) is 0.364. The molecule has 0 amide bonds. The quantitative estimate of drug-likeness (QED) is 0.529. The molecule has 0 aromatic heterocycles. The first-order valence-corrected chi connectivity index (χ1v) is 5.80. The van der Waals surface area contributed by atoms with E-state index in [4.69, 9.17) is 10.5 Å². The van der Waals surface area contributed by atoms with Crippen molar-refractivity contribution >= 4 is 34.2 Å². The van der Waals surface area contributed by atoms with Gasteiger partial charge in [-0.3, -0.25) is 0 Å². The number of carbonyl (C=O) groups excluding carboxylic acids is 1. The summed E-state index contributed by atoms with van der Waals surface area (Å²) in [5.41, 5.74) is 6.60. The normalized spacial score (nSPS) is 10.4. The van der Waals surface area contributed by atoms with Crippen molar-refractivity contribution in [2.75, 3.05) is 12.3 Å². The van der Waals surface area contributed by atoms with E-state index in [1.54, 1.807) is 12.1 Å². The number of nitrogen functional groups attached to an aromatic ring is 1. The first-order chi connectivity index (χ1) is 7.00. The van der Waals surface area contributed by atoms with Gasteiger partial charge in [0.1, 0.15) is 0 Å². The van der Waals surface area contributed by atoms with Crippen molar-refractivity contribution < 1.29 is 9.53 Å². The lowest BCUT2D eigenvalue weighted by atomic mass is 10.2. The van der Waals surface area contributed by atoms with Crippen LogP contribution in [-0.2, 0) is 4.74 Å². The van der Waals surface area contributed by atoms with Gasteiger partial charge in [-0.05, 0) is 46.7 Å². The second-order valence-electron chi connectivity index (χ2n) is 3.72. The molecule has 0 aliphatic rings. The van der Waals surface area contributed by atoms with Crippen molar-refractivity contribution in [3.63, 3.8) is 0 Å².